The van der Waals surface area contributed by atoms with Crippen LogP contribution in [0.15, 0.2) is 133 Å². The van der Waals surface area contributed by atoms with Crippen LogP contribution in [0.2, 0.25) is 10.0 Å². The monoisotopic (exact) mass is 892 g/mol. The minimum absolute atomic E-state index is 0.0492. The van der Waals surface area contributed by atoms with Crippen LogP contribution < -0.4 is 20.5 Å². The molecule has 2 aromatic heterocycles. The molecule has 0 saturated heterocycles. The fourth-order valence-corrected chi connectivity index (χ4v) is 5.91. The molecule has 19 heteroatoms. The van der Waals surface area contributed by atoms with E-state index in [2.05, 4.69) is 46.6 Å². The van der Waals surface area contributed by atoms with Gasteiger partial charge in [-0.2, -0.15) is 10.4 Å². The topological polar surface area (TPSA) is 220 Å². The number of aromatic carboxylic acids is 1. The van der Waals surface area contributed by atoms with Crippen molar-refractivity contribution in [1.82, 2.24) is 46.6 Å². The van der Waals surface area contributed by atoms with Gasteiger partial charge >= 0.3 is 5.97 Å². The van der Waals surface area contributed by atoms with Gasteiger partial charge in [-0.3, -0.25) is 4.79 Å². The van der Waals surface area contributed by atoms with Crippen LogP contribution in [0.1, 0.15) is 57.8 Å². The van der Waals surface area contributed by atoms with E-state index < -0.39 is 11.8 Å². The molecule has 1 amide bonds. The van der Waals surface area contributed by atoms with E-state index in [1.807, 2.05) is 62.4 Å². The van der Waals surface area contributed by atoms with E-state index in [0.717, 1.165) is 22.3 Å². The highest BCUT2D eigenvalue weighted by molar-refractivity contribution is 6.31. The highest BCUT2D eigenvalue weighted by atomic mass is 35.5. The Morgan fingerprint density at radius 1 is 0.635 bits per heavy atom. The molecular weight excluding hydrogens is 857 g/mol. The zero-order valence-corrected chi connectivity index (χ0v) is 34.7. The van der Waals surface area contributed by atoms with Gasteiger partial charge in [0, 0.05) is 27.2 Å². The lowest BCUT2D eigenvalue weighted by Crippen LogP contribution is -2.27. The number of aromatic nitrogens is 8. The number of carboxylic acids is 1. The Hall–Kier alpha value is -7.60. The van der Waals surface area contributed by atoms with Gasteiger partial charge in [0.25, 0.3) is 5.91 Å². The van der Waals surface area contributed by atoms with Crippen molar-refractivity contribution in [1.29, 1.82) is 0 Å². The van der Waals surface area contributed by atoms with E-state index in [4.69, 9.17) is 43.5 Å². The molecule has 0 aliphatic heterocycles. The first-order valence-electron chi connectivity index (χ1n) is 18.8. The Bertz CT molecular complexity index is 2730. The maximum absolute atomic E-state index is 13.1. The van der Waals surface area contributed by atoms with Gasteiger partial charge in [-0.15, -0.1) is 20.4 Å². The summed E-state index contributed by atoms with van der Waals surface area (Å²) in [5.41, 5.74) is 9.68. The first kappa shape index (κ1) is 44.9. The van der Waals surface area contributed by atoms with Crippen LogP contribution in [0.5, 0.6) is 23.0 Å². The van der Waals surface area contributed by atoms with E-state index in [1.165, 1.54) is 72.8 Å². The van der Waals surface area contributed by atoms with Crippen LogP contribution in [-0.4, -0.2) is 58.2 Å². The zero-order chi connectivity index (χ0) is 44.9. The number of hydrogen-bond acceptors (Lipinski definition) is 11. The molecule has 15 nitrogen and oxygen atoms in total. The molecule has 2 heterocycles. The van der Waals surface area contributed by atoms with Gasteiger partial charge in [0.15, 0.2) is 0 Å². The molecule has 0 aliphatic carbocycles. The Balaban J connectivity index is 0.000000174. The van der Waals surface area contributed by atoms with Crippen molar-refractivity contribution in [2.24, 2.45) is 5.73 Å². The summed E-state index contributed by atoms with van der Waals surface area (Å²) in [5.74, 6) is 0.0447. The number of H-pyrrole nitrogens is 2. The fourth-order valence-electron chi connectivity index (χ4n) is 5.57. The van der Waals surface area contributed by atoms with E-state index in [-0.39, 0.29) is 40.7 Å². The average Bonchev–Trinajstić information content (AvgIpc) is 4.04. The summed E-state index contributed by atoms with van der Waals surface area (Å²) < 4.78 is 37.0. The minimum Gasteiger partial charge on any atom is -0.478 e. The van der Waals surface area contributed by atoms with Crippen molar-refractivity contribution in [3.8, 4) is 45.8 Å². The Labute approximate surface area is 368 Å². The van der Waals surface area contributed by atoms with E-state index >= 15 is 0 Å². The molecule has 0 aliphatic rings. The standard InChI is InChI=1S/C22H17ClFN5O2.C13H8ClFO3.C9H11N5/c1-13(14-2-4-15(5-3-14)21-26-28-29-27-21)25-22(30)19-12-16(23)6-11-20(19)31-18-9-7-17(24)8-10-18;14-8-1-6-12(11(7-8)13(16)17)18-10-4-2-9(15)3-5-10;1-6(10)7-2-4-8(5-3-7)9-11-13-14-12-9/h2-13H,1H3,(H,25,30)(H,26,27,28,29);1-7H,(H,16,17);2-6H,10H2,1H3,(H,11,12,13,14)/t13-;;6-/m0.0/s1. The van der Waals surface area contributed by atoms with E-state index in [9.17, 15) is 18.4 Å². The lowest BCUT2D eigenvalue weighted by atomic mass is 10.0. The Kier molecular flexibility index (Phi) is 15.2. The quantitative estimate of drug-likeness (QED) is 0.0819. The third-order valence-corrected chi connectivity index (χ3v) is 9.31. The third kappa shape index (κ3) is 12.7. The summed E-state index contributed by atoms with van der Waals surface area (Å²) in [7, 11) is 0. The molecule has 2 atom stereocenters. The molecule has 0 saturated carbocycles. The van der Waals surface area contributed by atoms with Crippen molar-refractivity contribution >= 4 is 35.1 Å². The number of carboxylic acid groups (broad SMARTS) is 1. The molecule has 8 rings (SSSR count). The molecule has 63 heavy (non-hydrogen) atoms. The van der Waals surface area contributed by atoms with Gasteiger partial charge in [-0.05, 0) is 120 Å². The van der Waals surface area contributed by atoms with Crippen molar-refractivity contribution in [3.63, 3.8) is 0 Å². The number of carbonyl (C=O) groups is 2. The van der Waals surface area contributed by atoms with Gasteiger partial charge in [0.05, 0.1) is 11.6 Å². The zero-order valence-electron chi connectivity index (χ0n) is 33.2. The molecular formula is C44H36Cl2F2N10O5. The van der Waals surface area contributed by atoms with Crippen molar-refractivity contribution in [3.05, 3.63) is 177 Å². The molecule has 0 fully saturated rings. The van der Waals surface area contributed by atoms with Gasteiger partial charge in [-0.1, -0.05) is 71.7 Å². The van der Waals surface area contributed by atoms with E-state index in [1.54, 1.807) is 12.1 Å². The normalized spacial score (nSPS) is 11.5. The lowest BCUT2D eigenvalue weighted by molar-refractivity contribution is 0.0693. The van der Waals surface area contributed by atoms with Crippen LogP contribution in [-0.2, 0) is 0 Å². The summed E-state index contributed by atoms with van der Waals surface area (Å²) in [6.45, 7) is 3.82. The fraction of sp³-hybridized carbons (Fsp3) is 0.0909. The second kappa shape index (κ2) is 21.3. The highest BCUT2D eigenvalue weighted by Crippen LogP contribution is 2.30. The van der Waals surface area contributed by atoms with Crippen LogP contribution in [0.4, 0.5) is 8.78 Å². The molecule has 0 radical (unpaired) electrons. The van der Waals surface area contributed by atoms with Gasteiger partial charge < -0.3 is 25.6 Å². The number of nitrogens with zero attached hydrogens (tertiary/aromatic N) is 6. The number of rotatable bonds is 11. The number of ether oxygens (including phenoxy) is 2. The predicted octanol–water partition coefficient (Wildman–Crippen LogP) is 9.80. The lowest BCUT2D eigenvalue weighted by Gasteiger charge is -2.17. The number of halogens is 4. The number of nitrogens with one attached hydrogen (secondary N) is 3. The van der Waals surface area contributed by atoms with Crippen LogP contribution >= 0.6 is 23.2 Å². The Morgan fingerprint density at radius 3 is 1.48 bits per heavy atom. The molecule has 8 aromatic rings. The largest absolute Gasteiger partial charge is 0.478 e. The molecule has 6 aromatic carbocycles. The van der Waals surface area contributed by atoms with Crippen LogP contribution in [0.3, 0.4) is 0 Å². The highest BCUT2D eigenvalue weighted by Gasteiger charge is 2.18. The predicted molar refractivity (Wildman–Crippen MR) is 231 cm³/mol. The number of tetrazole rings is 2. The maximum atomic E-state index is 13.1. The van der Waals surface area contributed by atoms with Gasteiger partial charge in [0.1, 0.15) is 40.2 Å². The van der Waals surface area contributed by atoms with Crippen molar-refractivity contribution < 1.29 is 33.0 Å². The first-order valence-corrected chi connectivity index (χ1v) is 19.5. The number of benzene rings is 6. The number of carbonyl (C=O) groups excluding carboxylic acids is 1. The molecule has 0 spiro atoms. The summed E-state index contributed by atoms with van der Waals surface area (Å²) in [4.78, 5) is 24.0. The summed E-state index contributed by atoms with van der Waals surface area (Å²) in [6, 6.07) is 34.9. The van der Waals surface area contributed by atoms with Crippen molar-refractivity contribution in [2.75, 3.05) is 0 Å². The Morgan fingerprint density at radius 2 is 1.06 bits per heavy atom. The second-order valence-electron chi connectivity index (χ2n) is 13.4. The smallest absolute Gasteiger partial charge is 0.339 e. The van der Waals surface area contributed by atoms with E-state index in [0.29, 0.717) is 38.9 Å². The van der Waals surface area contributed by atoms with Crippen LogP contribution in [0.25, 0.3) is 22.8 Å². The van der Waals surface area contributed by atoms with Gasteiger partial charge in [-0.25, -0.2) is 13.6 Å². The summed E-state index contributed by atoms with van der Waals surface area (Å²) in [5, 5.41) is 40.2. The van der Waals surface area contributed by atoms with Crippen molar-refractivity contribution in [2.45, 2.75) is 25.9 Å². The van der Waals surface area contributed by atoms with Gasteiger partial charge in [0.2, 0.25) is 11.6 Å². The minimum atomic E-state index is -1.14. The third-order valence-electron chi connectivity index (χ3n) is 8.84. The maximum Gasteiger partial charge on any atom is 0.339 e. The SMILES string of the molecule is C[C@H](N)c1ccc(-c2nn[nH]n2)cc1.C[C@H](NC(=O)c1cc(Cl)ccc1Oc1ccc(F)cc1)c1ccc(-c2nn[nH]n2)cc1.O=C(O)c1cc(Cl)ccc1Oc1ccc(F)cc1. The summed E-state index contributed by atoms with van der Waals surface area (Å²) in [6.07, 6.45) is 0. The average molecular weight is 894 g/mol. The number of amides is 1. The number of nitrogens with two attached hydrogens (primary N) is 1. The summed E-state index contributed by atoms with van der Waals surface area (Å²) >= 11 is 11.8. The molecule has 0 bridgehead atoms. The molecule has 0 unspecified atom stereocenters. The second-order valence-corrected chi connectivity index (χ2v) is 14.3. The first-order chi connectivity index (χ1) is 30.3. The molecule has 6 N–H and O–H groups in total. The van der Waals surface area contributed by atoms with Crippen LogP contribution in [0, 0.1) is 11.6 Å². The number of hydrogen-bond donors (Lipinski definition) is 5. The number of aromatic amines is 2. The molecule has 320 valence electrons.